The van der Waals surface area contributed by atoms with Gasteiger partial charge in [-0.05, 0) is 12.8 Å². The first-order valence-corrected chi connectivity index (χ1v) is 6.07. The molecular weight excluding hydrogens is 218 g/mol. The zero-order chi connectivity index (χ0) is 11.1. The molecule has 0 aromatic heterocycles. The Hall–Kier alpha value is -0.530. The summed E-state index contributed by atoms with van der Waals surface area (Å²) in [7, 11) is 2.38. The Labute approximate surface area is 106 Å². The van der Waals surface area contributed by atoms with E-state index < -0.39 is 0 Å². The van der Waals surface area contributed by atoms with Gasteiger partial charge in [-0.15, -0.1) is 0 Å². The first kappa shape index (κ1) is 15.5. The van der Waals surface area contributed by atoms with Crippen LogP contribution in [0.15, 0.2) is 30.3 Å². The summed E-state index contributed by atoms with van der Waals surface area (Å²) < 4.78 is 1.18. The van der Waals surface area contributed by atoms with Crippen molar-refractivity contribution in [2.24, 2.45) is 0 Å². The minimum Gasteiger partial charge on any atom is -1.00 e. The topological polar surface area (TPSA) is 0 Å². The molecular formula is C14H24ClN. The van der Waals surface area contributed by atoms with Crippen LogP contribution in [0.1, 0.15) is 32.3 Å². The summed E-state index contributed by atoms with van der Waals surface area (Å²) >= 11 is 0. The van der Waals surface area contributed by atoms with Crippen molar-refractivity contribution in [2.45, 2.75) is 33.2 Å². The Balaban J connectivity index is 0.00000225. The van der Waals surface area contributed by atoms with Crippen molar-refractivity contribution in [3.05, 3.63) is 35.9 Å². The highest BCUT2D eigenvalue weighted by Gasteiger charge is 2.19. The van der Waals surface area contributed by atoms with E-state index in [1.54, 1.807) is 0 Å². The summed E-state index contributed by atoms with van der Waals surface area (Å²) in [5.41, 5.74) is 1.46. The fraction of sp³-hybridized carbons (Fsp3) is 0.571. The van der Waals surface area contributed by atoms with Crippen LogP contribution in [0.2, 0.25) is 0 Å². The van der Waals surface area contributed by atoms with Crippen molar-refractivity contribution in [3.8, 4) is 0 Å². The lowest BCUT2D eigenvalue weighted by molar-refractivity contribution is -0.922. The first-order chi connectivity index (χ1) is 7.20. The fourth-order valence-electron chi connectivity index (χ4n) is 2.37. The van der Waals surface area contributed by atoms with Gasteiger partial charge in [0.1, 0.15) is 6.54 Å². The van der Waals surface area contributed by atoms with Crippen LogP contribution in [0.4, 0.5) is 0 Å². The molecule has 0 aliphatic rings. The lowest BCUT2D eigenvalue weighted by Gasteiger charge is -2.34. The normalized spacial score (nSPS) is 10.9. The molecule has 92 valence electrons. The van der Waals surface area contributed by atoms with E-state index >= 15 is 0 Å². The third-order valence-corrected chi connectivity index (χ3v) is 2.93. The number of quaternary nitrogens is 1. The molecule has 0 saturated heterocycles. The van der Waals surface area contributed by atoms with E-state index in [1.165, 1.54) is 42.5 Å². The minimum atomic E-state index is 0. The summed E-state index contributed by atoms with van der Waals surface area (Å²) in [5, 5.41) is 0. The maximum atomic E-state index is 2.38. The fourth-order valence-corrected chi connectivity index (χ4v) is 2.37. The molecule has 0 amide bonds. The van der Waals surface area contributed by atoms with Crippen LogP contribution in [0.5, 0.6) is 0 Å². The highest BCUT2D eigenvalue weighted by Crippen LogP contribution is 2.13. The molecule has 0 N–H and O–H groups in total. The van der Waals surface area contributed by atoms with E-state index in [0.29, 0.717) is 0 Å². The van der Waals surface area contributed by atoms with Crippen molar-refractivity contribution in [2.75, 3.05) is 20.1 Å². The third kappa shape index (κ3) is 5.00. The van der Waals surface area contributed by atoms with Gasteiger partial charge >= 0.3 is 0 Å². The summed E-state index contributed by atoms with van der Waals surface area (Å²) in [6.45, 7) is 8.28. The van der Waals surface area contributed by atoms with Gasteiger partial charge in [0.15, 0.2) is 0 Å². The molecule has 0 unspecified atom stereocenters. The SMILES string of the molecule is CCC[N+](C)(CCC)Cc1ccccc1.[Cl-]. The number of hydrogen-bond donors (Lipinski definition) is 0. The molecule has 16 heavy (non-hydrogen) atoms. The van der Waals surface area contributed by atoms with E-state index in [4.69, 9.17) is 0 Å². The molecule has 0 saturated carbocycles. The molecule has 0 aliphatic heterocycles. The Morgan fingerprint density at radius 2 is 1.44 bits per heavy atom. The Kier molecular flexibility index (Phi) is 7.44. The quantitative estimate of drug-likeness (QED) is 0.635. The largest absolute Gasteiger partial charge is 1.00 e. The van der Waals surface area contributed by atoms with Gasteiger partial charge in [-0.2, -0.15) is 0 Å². The monoisotopic (exact) mass is 241 g/mol. The van der Waals surface area contributed by atoms with Crippen molar-refractivity contribution in [1.82, 2.24) is 0 Å². The average molecular weight is 242 g/mol. The van der Waals surface area contributed by atoms with Crippen molar-refractivity contribution < 1.29 is 16.9 Å². The molecule has 1 rings (SSSR count). The predicted molar refractivity (Wildman–Crippen MR) is 66.6 cm³/mol. The lowest BCUT2D eigenvalue weighted by Crippen LogP contribution is -3.00. The van der Waals surface area contributed by atoms with Crippen molar-refractivity contribution >= 4 is 0 Å². The van der Waals surface area contributed by atoms with Gasteiger partial charge in [0.05, 0.1) is 20.1 Å². The predicted octanol–water partition coefficient (Wildman–Crippen LogP) is 0.457. The Morgan fingerprint density at radius 1 is 0.938 bits per heavy atom. The average Bonchev–Trinajstić information content (AvgIpc) is 2.19. The molecule has 0 fully saturated rings. The molecule has 0 aliphatic carbocycles. The lowest BCUT2D eigenvalue weighted by atomic mass is 10.1. The van der Waals surface area contributed by atoms with E-state index in [9.17, 15) is 0 Å². The summed E-state index contributed by atoms with van der Waals surface area (Å²) in [6.07, 6.45) is 2.53. The summed E-state index contributed by atoms with van der Waals surface area (Å²) in [5.74, 6) is 0. The maximum absolute atomic E-state index is 2.38. The minimum absolute atomic E-state index is 0. The number of hydrogen-bond acceptors (Lipinski definition) is 0. The molecule has 0 atom stereocenters. The van der Waals surface area contributed by atoms with Crippen LogP contribution in [-0.4, -0.2) is 24.6 Å². The van der Waals surface area contributed by atoms with Crippen LogP contribution in [0.25, 0.3) is 0 Å². The molecule has 0 radical (unpaired) electrons. The Morgan fingerprint density at radius 3 is 1.88 bits per heavy atom. The van der Waals surface area contributed by atoms with E-state index in [-0.39, 0.29) is 12.4 Å². The molecule has 2 heteroatoms. The second-order valence-corrected chi connectivity index (χ2v) is 4.71. The van der Waals surface area contributed by atoms with Crippen molar-refractivity contribution in [1.29, 1.82) is 0 Å². The van der Waals surface area contributed by atoms with E-state index in [0.717, 1.165) is 0 Å². The molecule has 0 heterocycles. The Bertz CT molecular complexity index is 265. The first-order valence-electron chi connectivity index (χ1n) is 6.07. The number of benzene rings is 1. The zero-order valence-corrected chi connectivity index (χ0v) is 11.5. The van der Waals surface area contributed by atoms with Crippen LogP contribution >= 0.6 is 0 Å². The van der Waals surface area contributed by atoms with Crippen LogP contribution in [0.3, 0.4) is 0 Å². The number of nitrogens with zero attached hydrogens (tertiary/aromatic N) is 1. The number of rotatable bonds is 6. The number of halogens is 1. The van der Waals surface area contributed by atoms with Gasteiger partial charge in [-0.3, -0.25) is 0 Å². The highest BCUT2D eigenvalue weighted by atomic mass is 35.5. The molecule has 1 aromatic rings. The molecule has 0 spiro atoms. The second-order valence-electron chi connectivity index (χ2n) is 4.71. The summed E-state index contributed by atoms with van der Waals surface area (Å²) in [4.78, 5) is 0. The van der Waals surface area contributed by atoms with Gasteiger partial charge in [0.25, 0.3) is 0 Å². The maximum Gasteiger partial charge on any atom is 0.104 e. The standard InChI is InChI=1S/C14H24N.ClH/c1-4-11-15(3,12-5-2)13-14-9-7-6-8-10-14;/h6-10H,4-5,11-13H2,1-3H3;1H/q+1;/p-1. The highest BCUT2D eigenvalue weighted by molar-refractivity contribution is 5.13. The molecule has 1 aromatic carbocycles. The smallest absolute Gasteiger partial charge is 0.104 e. The van der Waals surface area contributed by atoms with Crippen LogP contribution < -0.4 is 12.4 Å². The second kappa shape index (κ2) is 7.70. The van der Waals surface area contributed by atoms with E-state index in [1.807, 2.05) is 0 Å². The zero-order valence-electron chi connectivity index (χ0n) is 10.7. The van der Waals surface area contributed by atoms with Gasteiger partial charge in [-0.25, -0.2) is 0 Å². The van der Waals surface area contributed by atoms with Crippen LogP contribution in [0, 0.1) is 0 Å². The van der Waals surface area contributed by atoms with Gasteiger partial charge in [0.2, 0.25) is 0 Å². The molecule has 0 bridgehead atoms. The van der Waals surface area contributed by atoms with E-state index in [2.05, 4.69) is 51.2 Å². The van der Waals surface area contributed by atoms with Gasteiger partial charge in [0, 0.05) is 5.56 Å². The van der Waals surface area contributed by atoms with Gasteiger partial charge in [-0.1, -0.05) is 44.2 Å². The summed E-state index contributed by atoms with van der Waals surface area (Å²) in [6, 6.07) is 10.8. The van der Waals surface area contributed by atoms with Crippen molar-refractivity contribution in [3.63, 3.8) is 0 Å². The van der Waals surface area contributed by atoms with Gasteiger partial charge < -0.3 is 16.9 Å². The molecule has 1 nitrogen and oxygen atoms in total. The third-order valence-electron chi connectivity index (χ3n) is 2.93. The van der Waals surface area contributed by atoms with Crippen LogP contribution in [-0.2, 0) is 6.54 Å².